The van der Waals surface area contributed by atoms with Crippen molar-refractivity contribution in [3.05, 3.63) is 42.0 Å². The van der Waals surface area contributed by atoms with Gasteiger partial charge in [-0.3, -0.25) is 4.68 Å². The van der Waals surface area contributed by atoms with E-state index in [1.165, 1.54) is 23.3 Å². The maximum absolute atomic E-state index is 11.1. The second-order valence-corrected chi connectivity index (χ2v) is 6.04. The molecule has 0 spiro atoms. The lowest BCUT2D eigenvalue weighted by Crippen LogP contribution is -2.00. The van der Waals surface area contributed by atoms with Crippen LogP contribution in [0, 0.1) is 11.3 Å². The van der Waals surface area contributed by atoms with Crippen LogP contribution in [0.3, 0.4) is 0 Å². The Kier molecular flexibility index (Phi) is 3.32. The van der Waals surface area contributed by atoms with Crippen molar-refractivity contribution in [3.63, 3.8) is 0 Å². The Bertz CT molecular complexity index is 717. The molecule has 2 heterocycles. The van der Waals surface area contributed by atoms with Gasteiger partial charge < -0.3 is 0 Å². The molecule has 0 aliphatic heterocycles. The van der Waals surface area contributed by atoms with Crippen LogP contribution in [0.4, 0.5) is 0 Å². The van der Waals surface area contributed by atoms with E-state index in [4.69, 9.17) is 15.9 Å². The van der Waals surface area contributed by atoms with Crippen LogP contribution < -0.4 is 0 Å². The quantitative estimate of drug-likeness (QED) is 0.787. The van der Waals surface area contributed by atoms with Gasteiger partial charge >= 0.3 is 0 Å². The lowest BCUT2D eigenvalue weighted by Gasteiger charge is -2.01. The standard InChI is InChI=1S/C10H7ClN4O2S/c11-18(16,17)10-5-14-15(7-10)6-8-1-2-13-9(3-8)4-12/h1-3,5,7H,6H2. The number of pyridine rings is 1. The third kappa shape index (κ3) is 2.85. The predicted octanol–water partition coefficient (Wildman–Crippen LogP) is 1.13. The SMILES string of the molecule is N#Cc1cc(Cn2cc(S(=O)(=O)Cl)cn2)ccn1. The molecule has 0 unspecified atom stereocenters. The van der Waals surface area contributed by atoms with Crippen LogP contribution in [-0.2, 0) is 15.6 Å². The van der Waals surface area contributed by atoms with Crippen molar-refractivity contribution in [3.8, 4) is 6.07 Å². The van der Waals surface area contributed by atoms with Gasteiger partial charge in [0, 0.05) is 23.1 Å². The van der Waals surface area contributed by atoms with Gasteiger partial charge in [0.1, 0.15) is 16.7 Å². The first-order chi connectivity index (χ1) is 8.49. The summed E-state index contributed by atoms with van der Waals surface area (Å²) in [5.74, 6) is 0. The monoisotopic (exact) mass is 282 g/mol. The normalized spacial score (nSPS) is 11.1. The highest BCUT2D eigenvalue weighted by atomic mass is 35.7. The summed E-state index contributed by atoms with van der Waals surface area (Å²) < 4.78 is 23.5. The number of aromatic nitrogens is 3. The van der Waals surface area contributed by atoms with E-state index in [2.05, 4.69) is 10.1 Å². The lowest BCUT2D eigenvalue weighted by atomic mass is 10.2. The van der Waals surface area contributed by atoms with Gasteiger partial charge in [0.25, 0.3) is 9.05 Å². The zero-order valence-electron chi connectivity index (χ0n) is 8.99. The molecular formula is C10H7ClN4O2S. The number of hydrogen-bond acceptors (Lipinski definition) is 5. The molecule has 0 aliphatic rings. The average Bonchev–Trinajstić information content (AvgIpc) is 2.77. The molecule has 0 aromatic carbocycles. The molecule has 92 valence electrons. The topological polar surface area (TPSA) is 88.6 Å². The number of nitriles is 1. The minimum atomic E-state index is -3.76. The third-order valence-corrected chi connectivity index (χ3v) is 3.48. The summed E-state index contributed by atoms with van der Waals surface area (Å²) in [5, 5.41) is 12.6. The van der Waals surface area contributed by atoms with E-state index in [0.717, 1.165) is 5.56 Å². The molecule has 0 saturated carbocycles. The number of rotatable bonds is 3. The van der Waals surface area contributed by atoms with Crippen molar-refractivity contribution in [2.24, 2.45) is 0 Å². The third-order valence-electron chi connectivity index (χ3n) is 2.17. The van der Waals surface area contributed by atoms with E-state index in [1.807, 2.05) is 6.07 Å². The number of hydrogen-bond donors (Lipinski definition) is 0. The molecule has 0 atom stereocenters. The fourth-order valence-electron chi connectivity index (χ4n) is 1.38. The van der Waals surface area contributed by atoms with Crippen molar-refractivity contribution in [1.82, 2.24) is 14.8 Å². The van der Waals surface area contributed by atoms with Gasteiger partial charge in [-0.2, -0.15) is 10.4 Å². The minimum absolute atomic E-state index is 0.0567. The molecule has 18 heavy (non-hydrogen) atoms. The molecule has 2 aromatic heterocycles. The Labute approximate surface area is 108 Å². The first kappa shape index (κ1) is 12.5. The molecule has 6 nitrogen and oxygen atoms in total. The fraction of sp³-hybridized carbons (Fsp3) is 0.100. The van der Waals surface area contributed by atoms with Gasteiger partial charge in [-0.05, 0) is 17.7 Å². The van der Waals surface area contributed by atoms with Crippen LogP contribution in [0.15, 0.2) is 35.6 Å². The van der Waals surface area contributed by atoms with E-state index in [-0.39, 0.29) is 4.90 Å². The Hall–Kier alpha value is -1.91. The van der Waals surface area contributed by atoms with Crippen molar-refractivity contribution < 1.29 is 8.42 Å². The lowest BCUT2D eigenvalue weighted by molar-refractivity contribution is 0.609. The molecule has 0 saturated heterocycles. The van der Waals surface area contributed by atoms with Crippen molar-refractivity contribution in [2.45, 2.75) is 11.4 Å². The summed E-state index contributed by atoms with van der Waals surface area (Å²) in [6.45, 7) is 0.337. The minimum Gasteiger partial charge on any atom is -0.267 e. The first-order valence-electron chi connectivity index (χ1n) is 4.81. The number of nitrogens with zero attached hydrogens (tertiary/aromatic N) is 4. The zero-order chi connectivity index (χ0) is 13.2. The van der Waals surface area contributed by atoms with Gasteiger partial charge in [0.15, 0.2) is 0 Å². The van der Waals surface area contributed by atoms with Crippen LogP contribution in [-0.4, -0.2) is 23.2 Å². The summed E-state index contributed by atoms with van der Waals surface area (Å²) in [5.41, 5.74) is 1.09. The highest BCUT2D eigenvalue weighted by Crippen LogP contribution is 2.13. The zero-order valence-corrected chi connectivity index (χ0v) is 10.6. The van der Waals surface area contributed by atoms with Crippen LogP contribution in [0.25, 0.3) is 0 Å². The van der Waals surface area contributed by atoms with Crippen molar-refractivity contribution in [1.29, 1.82) is 5.26 Å². The van der Waals surface area contributed by atoms with Crippen LogP contribution in [0.2, 0.25) is 0 Å². The second-order valence-electron chi connectivity index (χ2n) is 3.47. The summed E-state index contributed by atoms with van der Waals surface area (Å²) in [7, 11) is 1.43. The maximum atomic E-state index is 11.1. The molecule has 0 bridgehead atoms. The largest absolute Gasteiger partial charge is 0.267 e. The molecule has 0 aliphatic carbocycles. The fourth-order valence-corrected chi connectivity index (χ4v) is 2.04. The smallest absolute Gasteiger partial charge is 0.264 e. The Morgan fingerprint density at radius 2 is 2.28 bits per heavy atom. The molecule has 2 rings (SSSR count). The average molecular weight is 283 g/mol. The van der Waals surface area contributed by atoms with E-state index in [9.17, 15) is 8.42 Å². The van der Waals surface area contributed by atoms with E-state index in [0.29, 0.717) is 12.2 Å². The molecule has 0 N–H and O–H groups in total. The highest BCUT2D eigenvalue weighted by Gasteiger charge is 2.12. The Morgan fingerprint density at radius 3 is 2.89 bits per heavy atom. The maximum Gasteiger partial charge on any atom is 0.264 e. The Morgan fingerprint density at radius 1 is 1.50 bits per heavy atom. The second kappa shape index (κ2) is 4.76. The van der Waals surface area contributed by atoms with Crippen LogP contribution in [0.5, 0.6) is 0 Å². The van der Waals surface area contributed by atoms with Gasteiger partial charge in [-0.1, -0.05) is 0 Å². The highest BCUT2D eigenvalue weighted by molar-refractivity contribution is 8.13. The van der Waals surface area contributed by atoms with Crippen LogP contribution in [0.1, 0.15) is 11.3 Å². The van der Waals surface area contributed by atoms with Crippen LogP contribution >= 0.6 is 10.7 Å². The summed E-state index contributed by atoms with van der Waals surface area (Å²) in [6.07, 6.45) is 4.01. The molecular weight excluding hydrogens is 276 g/mol. The van der Waals surface area contributed by atoms with Gasteiger partial charge in [-0.25, -0.2) is 13.4 Å². The first-order valence-corrected chi connectivity index (χ1v) is 7.12. The van der Waals surface area contributed by atoms with E-state index >= 15 is 0 Å². The predicted molar refractivity (Wildman–Crippen MR) is 63.3 cm³/mol. The van der Waals surface area contributed by atoms with E-state index in [1.54, 1.807) is 12.1 Å². The molecule has 0 radical (unpaired) electrons. The summed E-state index contributed by atoms with van der Waals surface area (Å²) >= 11 is 0. The summed E-state index contributed by atoms with van der Waals surface area (Å²) in [4.78, 5) is 3.78. The van der Waals surface area contributed by atoms with Gasteiger partial charge in [0.2, 0.25) is 0 Å². The molecule has 2 aromatic rings. The van der Waals surface area contributed by atoms with Crippen molar-refractivity contribution >= 4 is 19.7 Å². The molecule has 0 amide bonds. The molecule has 8 heteroatoms. The summed E-state index contributed by atoms with van der Waals surface area (Å²) in [6, 6.07) is 5.25. The van der Waals surface area contributed by atoms with Crippen molar-refractivity contribution in [2.75, 3.05) is 0 Å². The van der Waals surface area contributed by atoms with E-state index < -0.39 is 9.05 Å². The van der Waals surface area contributed by atoms with Gasteiger partial charge in [-0.15, -0.1) is 0 Å². The molecule has 0 fully saturated rings. The van der Waals surface area contributed by atoms with Gasteiger partial charge in [0.05, 0.1) is 12.7 Å². The number of halogens is 1. The Balaban J connectivity index is 2.24.